The second-order valence-electron chi connectivity index (χ2n) is 6.04. The van der Waals surface area contributed by atoms with Crippen LogP contribution in [0.15, 0.2) is 88.4 Å². The molecule has 1 aliphatic heterocycles. The Balaban J connectivity index is 1.79. The Morgan fingerprint density at radius 3 is 2.36 bits per heavy atom. The molecule has 28 heavy (non-hydrogen) atoms. The summed E-state index contributed by atoms with van der Waals surface area (Å²) in [4.78, 5) is 25.5. The van der Waals surface area contributed by atoms with Gasteiger partial charge < -0.3 is 10.6 Å². The standard InChI is InChI=1S/C21H15BrN4O2/c22-15-11-12-18-17(13-15)19(14-7-3-1-4-8-14)25-26(21(28)24-18)20(27)23-16-9-5-2-6-10-16/h1-13H,(H,23,27)(H,24,28). The van der Waals surface area contributed by atoms with E-state index in [1.165, 1.54) is 0 Å². The molecule has 3 aromatic carbocycles. The van der Waals surface area contributed by atoms with E-state index in [0.29, 0.717) is 22.6 Å². The zero-order valence-electron chi connectivity index (χ0n) is 14.6. The smallest absolute Gasteiger partial charge is 0.306 e. The first-order valence-corrected chi connectivity index (χ1v) is 9.32. The summed E-state index contributed by atoms with van der Waals surface area (Å²) >= 11 is 3.46. The number of halogens is 1. The fourth-order valence-corrected chi connectivity index (χ4v) is 3.19. The number of nitrogens with one attached hydrogen (secondary N) is 2. The Labute approximate surface area is 170 Å². The molecule has 0 radical (unpaired) electrons. The van der Waals surface area contributed by atoms with Crippen LogP contribution < -0.4 is 10.6 Å². The molecule has 3 aromatic rings. The van der Waals surface area contributed by atoms with Crippen molar-refractivity contribution in [3.8, 4) is 0 Å². The van der Waals surface area contributed by atoms with Crippen molar-refractivity contribution < 1.29 is 9.59 Å². The van der Waals surface area contributed by atoms with Crippen LogP contribution in [-0.4, -0.2) is 22.8 Å². The minimum absolute atomic E-state index is 0.512. The van der Waals surface area contributed by atoms with E-state index < -0.39 is 12.1 Å². The molecule has 138 valence electrons. The van der Waals surface area contributed by atoms with Gasteiger partial charge in [-0.1, -0.05) is 64.5 Å². The van der Waals surface area contributed by atoms with Gasteiger partial charge in [0.15, 0.2) is 0 Å². The largest absolute Gasteiger partial charge is 0.351 e. The Kier molecular flexibility index (Phi) is 4.90. The number of fused-ring (bicyclic) bond motifs is 1. The van der Waals surface area contributed by atoms with Crippen molar-refractivity contribution in [1.82, 2.24) is 5.01 Å². The molecule has 0 saturated carbocycles. The first-order chi connectivity index (χ1) is 13.6. The number of imide groups is 1. The number of hydrogen-bond acceptors (Lipinski definition) is 3. The molecular weight excluding hydrogens is 420 g/mol. The Morgan fingerprint density at radius 2 is 1.64 bits per heavy atom. The second-order valence-corrected chi connectivity index (χ2v) is 6.96. The Bertz CT molecular complexity index is 1070. The molecular formula is C21H15BrN4O2. The quantitative estimate of drug-likeness (QED) is 0.575. The van der Waals surface area contributed by atoms with Crippen LogP contribution in [0.5, 0.6) is 0 Å². The maximum absolute atomic E-state index is 12.8. The van der Waals surface area contributed by atoms with Gasteiger partial charge in [-0.2, -0.15) is 5.10 Å². The maximum Gasteiger partial charge on any atom is 0.351 e. The topological polar surface area (TPSA) is 73.8 Å². The number of hydrazone groups is 1. The summed E-state index contributed by atoms with van der Waals surface area (Å²) in [5.41, 5.74) is 3.16. The summed E-state index contributed by atoms with van der Waals surface area (Å²) in [6, 6.07) is 22.5. The van der Waals surface area contributed by atoms with Crippen LogP contribution in [0.25, 0.3) is 0 Å². The van der Waals surface area contributed by atoms with Gasteiger partial charge in [0.1, 0.15) is 5.71 Å². The summed E-state index contributed by atoms with van der Waals surface area (Å²) in [6.45, 7) is 0. The van der Waals surface area contributed by atoms with Gasteiger partial charge in [0.25, 0.3) is 0 Å². The number of carbonyl (C=O) groups excluding carboxylic acids is 2. The lowest BCUT2D eigenvalue weighted by atomic mass is 10.0. The molecule has 2 N–H and O–H groups in total. The van der Waals surface area contributed by atoms with Gasteiger partial charge in [-0.25, -0.2) is 9.59 Å². The lowest BCUT2D eigenvalue weighted by Crippen LogP contribution is -2.38. The third-order valence-electron chi connectivity index (χ3n) is 4.14. The van der Waals surface area contributed by atoms with Gasteiger partial charge >= 0.3 is 12.1 Å². The highest BCUT2D eigenvalue weighted by Crippen LogP contribution is 2.27. The predicted octanol–water partition coefficient (Wildman–Crippen LogP) is 5.28. The number of anilines is 2. The summed E-state index contributed by atoms with van der Waals surface area (Å²) in [5.74, 6) is 0. The van der Waals surface area contributed by atoms with Crippen molar-refractivity contribution in [3.05, 3.63) is 94.5 Å². The Morgan fingerprint density at radius 1 is 0.964 bits per heavy atom. The normalized spacial score (nSPS) is 13.1. The van der Waals surface area contributed by atoms with E-state index >= 15 is 0 Å². The Hall–Kier alpha value is -3.45. The molecule has 4 amide bonds. The van der Waals surface area contributed by atoms with Crippen molar-refractivity contribution >= 4 is 45.1 Å². The molecule has 0 aliphatic carbocycles. The van der Waals surface area contributed by atoms with Crippen LogP contribution in [0.4, 0.5) is 21.0 Å². The zero-order chi connectivity index (χ0) is 19.5. The van der Waals surface area contributed by atoms with Gasteiger partial charge in [0, 0.05) is 21.3 Å². The van der Waals surface area contributed by atoms with E-state index in [-0.39, 0.29) is 0 Å². The van der Waals surface area contributed by atoms with Gasteiger partial charge in [-0.15, -0.1) is 5.01 Å². The molecule has 0 spiro atoms. The molecule has 1 heterocycles. The highest BCUT2D eigenvalue weighted by Gasteiger charge is 2.28. The van der Waals surface area contributed by atoms with E-state index in [4.69, 9.17) is 0 Å². The number of urea groups is 2. The number of hydrogen-bond donors (Lipinski definition) is 2. The van der Waals surface area contributed by atoms with Crippen LogP contribution in [0, 0.1) is 0 Å². The van der Waals surface area contributed by atoms with Gasteiger partial charge in [0.05, 0.1) is 5.69 Å². The van der Waals surface area contributed by atoms with Crippen LogP contribution in [0.3, 0.4) is 0 Å². The third-order valence-corrected chi connectivity index (χ3v) is 4.63. The minimum atomic E-state index is -0.649. The lowest BCUT2D eigenvalue weighted by molar-refractivity contribution is 0.204. The number of para-hydroxylation sites is 1. The number of rotatable bonds is 2. The van der Waals surface area contributed by atoms with Gasteiger partial charge in [0.2, 0.25) is 0 Å². The average Bonchev–Trinajstić information content (AvgIpc) is 2.85. The summed E-state index contributed by atoms with van der Waals surface area (Å²) in [7, 11) is 0. The second kappa shape index (κ2) is 7.66. The molecule has 7 heteroatoms. The first-order valence-electron chi connectivity index (χ1n) is 8.53. The summed E-state index contributed by atoms with van der Waals surface area (Å²) in [5, 5.41) is 10.7. The molecule has 1 aliphatic rings. The highest BCUT2D eigenvalue weighted by molar-refractivity contribution is 9.10. The lowest BCUT2D eigenvalue weighted by Gasteiger charge is -2.15. The molecule has 0 fully saturated rings. The van der Waals surface area contributed by atoms with E-state index in [9.17, 15) is 9.59 Å². The van der Waals surface area contributed by atoms with Crippen molar-refractivity contribution in [2.24, 2.45) is 5.10 Å². The molecule has 0 unspecified atom stereocenters. The first kappa shape index (κ1) is 17.9. The van der Waals surface area contributed by atoms with Crippen LogP contribution in [-0.2, 0) is 0 Å². The predicted molar refractivity (Wildman–Crippen MR) is 113 cm³/mol. The highest BCUT2D eigenvalue weighted by atomic mass is 79.9. The number of amides is 4. The van der Waals surface area contributed by atoms with E-state index in [1.54, 1.807) is 30.3 Å². The summed E-state index contributed by atoms with van der Waals surface area (Å²) < 4.78 is 0.839. The molecule has 0 atom stereocenters. The maximum atomic E-state index is 12.8. The van der Waals surface area contributed by atoms with Gasteiger partial charge in [-0.3, -0.25) is 0 Å². The number of nitrogens with zero attached hydrogens (tertiary/aromatic N) is 2. The van der Waals surface area contributed by atoms with Gasteiger partial charge in [-0.05, 0) is 30.3 Å². The molecule has 0 aromatic heterocycles. The molecule has 0 bridgehead atoms. The number of benzene rings is 3. The van der Waals surface area contributed by atoms with Crippen molar-refractivity contribution in [1.29, 1.82) is 0 Å². The van der Waals surface area contributed by atoms with Crippen LogP contribution >= 0.6 is 15.9 Å². The molecule has 6 nitrogen and oxygen atoms in total. The van der Waals surface area contributed by atoms with Crippen molar-refractivity contribution in [3.63, 3.8) is 0 Å². The molecule has 0 saturated heterocycles. The van der Waals surface area contributed by atoms with E-state index in [2.05, 4.69) is 31.7 Å². The SMILES string of the molecule is O=C(Nc1ccccc1)N1N=C(c2ccccc2)c2cc(Br)ccc2NC1=O. The average molecular weight is 435 g/mol. The fraction of sp³-hybridized carbons (Fsp3) is 0. The van der Waals surface area contributed by atoms with E-state index in [0.717, 1.165) is 15.0 Å². The zero-order valence-corrected chi connectivity index (χ0v) is 16.2. The summed E-state index contributed by atoms with van der Waals surface area (Å²) in [6.07, 6.45) is 0. The van der Waals surface area contributed by atoms with Crippen molar-refractivity contribution in [2.45, 2.75) is 0 Å². The van der Waals surface area contributed by atoms with E-state index in [1.807, 2.05) is 48.5 Å². The monoisotopic (exact) mass is 434 g/mol. The van der Waals surface area contributed by atoms with Crippen LogP contribution in [0.2, 0.25) is 0 Å². The van der Waals surface area contributed by atoms with Crippen LogP contribution in [0.1, 0.15) is 11.1 Å². The minimum Gasteiger partial charge on any atom is -0.306 e. The molecule has 4 rings (SSSR count). The fourth-order valence-electron chi connectivity index (χ4n) is 2.83. The third kappa shape index (κ3) is 3.65. The van der Waals surface area contributed by atoms with Crippen molar-refractivity contribution in [2.75, 3.05) is 10.6 Å². The number of carbonyl (C=O) groups is 2.